The van der Waals surface area contributed by atoms with Crippen LogP contribution in [0, 0.1) is 19.3 Å². The molecule has 0 spiro atoms. The summed E-state index contributed by atoms with van der Waals surface area (Å²) in [5, 5.41) is 0. The molecular formula is C16H13O. The number of hydrogen-bond acceptors (Lipinski definition) is 1. The molecule has 0 bridgehead atoms. The maximum Gasteiger partial charge on any atom is 0.123 e. The van der Waals surface area contributed by atoms with Crippen LogP contribution >= 0.6 is 0 Å². The van der Waals surface area contributed by atoms with E-state index in [1.54, 1.807) is 0 Å². The van der Waals surface area contributed by atoms with Crippen molar-refractivity contribution in [3.63, 3.8) is 0 Å². The average molecular weight is 221 g/mol. The predicted octanol–water partition coefficient (Wildman–Crippen LogP) is 3.43. The predicted molar refractivity (Wildman–Crippen MR) is 69.6 cm³/mol. The fourth-order valence-electron chi connectivity index (χ4n) is 1.55. The maximum absolute atomic E-state index is 5.69. The molecule has 1 heteroatoms. The quantitative estimate of drug-likeness (QED) is 0.721. The van der Waals surface area contributed by atoms with Gasteiger partial charge in [-0.2, -0.15) is 0 Å². The fourth-order valence-corrected chi connectivity index (χ4v) is 1.55. The molecule has 0 atom stereocenters. The van der Waals surface area contributed by atoms with Gasteiger partial charge in [0.1, 0.15) is 12.4 Å². The lowest BCUT2D eigenvalue weighted by atomic mass is 10.1. The van der Waals surface area contributed by atoms with Crippen molar-refractivity contribution in [1.82, 2.24) is 0 Å². The summed E-state index contributed by atoms with van der Waals surface area (Å²) in [5.41, 5.74) is 2.77. The van der Waals surface area contributed by atoms with Crippen LogP contribution in [0.1, 0.15) is 16.7 Å². The van der Waals surface area contributed by atoms with Crippen LogP contribution in [0.4, 0.5) is 0 Å². The van der Waals surface area contributed by atoms with E-state index >= 15 is 0 Å². The van der Waals surface area contributed by atoms with Gasteiger partial charge in [0.15, 0.2) is 0 Å². The molecule has 0 unspecified atom stereocenters. The Morgan fingerprint density at radius 3 is 2.53 bits per heavy atom. The van der Waals surface area contributed by atoms with E-state index < -0.39 is 0 Å². The number of benzene rings is 2. The zero-order valence-corrected chi connectivity index (χ0v) is 9.52. The molecule has 2 rings (SSSR count). The third-order valence-electron chi connectivity index (χ3n) is 2.46. The molecule has 0 saturated carbocycles. The summed E-state index contributed by atoms with van der Waals surface area (Å²) in [5.74, 6) is 3.34. The lowest BCUT2D eigenvalue weighted by molar-refractivity contribution is 0.305. The monoisotopic (exact) mass is 221 g/mol. The van der Waals surface area contributed by atoms with Gasteiger partial charge < -0.3 is 4.74 Å². The van der Waals surface area contributed by atoms with Crippen molar-refractivity contribution in [2.24, 2.45) is 0 Å². The molecule has 1 nitrogen and oxygen atoms in total. The first-order chi connectivity index (χ1) is 8.29. The summed E-state index contributed by atoms with van der Waals surface area (Å²) in [6.07, 6.45) is 5.32. The molecule has 17 heavy (non-hydrogen) atoms. The van der Waals surface area contributed by atoms with Gasteiger partial charge in [-0.25, -0.2) is 0 Å². The molecule has 0 heterocycles. The van der Waals surface area contributed by atoms with Crippen molar-refractivity contribution in [2.45, 2.75) is 6.61 Å². The summed E-state index contributed by atoms with van der Waals surface area (Å²) in [6.45, 7) is 4.46. The summed E-state index contributed by atoms with van der Waals surface area (Å²) >= 11 is 0. The molecule has 0 aliphatic rings. The Labute approximate surface area is 102 Å². The van der Waals surface area contributed by atoms with Gasteiger partial charge in [-0.05, 0) is 36.2 Å². The third kappa shape index (κ3) is 2.89. The standard InChI is InChI=1S/C16H13O/c1-3-14-9-10-16(13(2)11-14)17-12-15-7-5-4-6-8-15/h1,4-11H,2,12H2. The topological polar surface area (TPSA) is 9.23 Å². The Morgan fingerprint density at radius 1 is 1.12 bits per heavy atom. The molecule has 0 N–H and O–H groups in total. The zero-order valence-electron chi connectivity index (χ0n) is 9.52. The average Bonchev–Trinajstić information content (AvgIpc) is 2.38. The first kappa shape index (κ1) is 11.3. The largest absolute Gasteiger partial charge is 0.489 e. The Kier molecular flexibility index (Phi) is 3.47. The van der Waals surface area contributed by atoms with E-state index in [2.05, 4.69) is 12.8 Å². The van der Waals surface area contributed by atoms with Gasteiger partial charge in [0.25, 0.3) is 0 Å². The van der Waals surface area contributed by atoms with Gasteiger partial charge in [-0.1, -0.05) is 36.3 Å². The Morgan fingerprint density at radius 2 is 1.88 bits per heavy atom. The summed E-state index contributed by atoms with van der Waals surface area (Å²) in [4.78, 5) is 0. The SMILES string of the molecule is C#Cc1ccc(OCc2ccccc2)c([CH2])c1. The van der Waals surface area contributed by atoms with E-state index in [0.29, 0.717) is 6.61 Å². The van der Waals surface area contributed by atoms with Crippen molar-refractivity contribution in [2.75, 3.05) is 0 Å². The van der Waals surface area contributed by atoms with Crippen molar-refractivity contribution in [3.8, 4) is 18.1 Å². The van der Waals surface area contributed by atoms with Gasteiger partial charge in [0.05, 0.1) is 0 Å². The Balaban J connectivity index is 2.08. The minimum atomic E-state index is 0.540. The van der Waals surface area contributed by atoms with E-state index in [-0.39, 0.29) is 0 Å². The molecule has 2 aromatic carbocycles. The first-order valence-electron chi connectivity index (χ1n) is 5.39. The van der Waals surface area contributed by atoms with Crippen LogP contribution < -0.4 is 4.74 Å². The van der Waals surface area contributed by atoms with Crippen LogP contribution in [0.15, 0.2) is 48.5 Å². The highest BCUT2D eigenvalue weighted by Crippen LogP contribution is 2.19. The molecule has 0 aliphatic carbocycles. The van der Waals surface area contributed by atoms with Gasteiger partial charge in [0.2, 0.25) is 0 Å². The van der Waals surface area contributed by atoms with Gasteiger partial charge in [0, 0.05) is 5.56 Å². The molecule has 83 valence electrons. The molecule has 0 aromatic heterocycles. The van der Waals surface area contributed by atoms with Gasteiger partial charge in [-0.3, -0.25) is 0 Å². The summed E-state index contributed by atoms with van der Waals surface area (Å²) in [6, 6.07) is 15.6. The van der Waals surface area contributed by atoms with Crippen LogP contribution in [0.3, 0.4) is 0 Å². The van der Waals surface area contributed by atoms with Crippen molar-refractivity contribution in [1.29, 1.82) is 0 Å². The molecule has 1 radical (unpaired) electrons. The smallest absolute Gasteiger partial charge is 0.123 e. The fraction of sp³-hybridized carbons (Fsp3) is 0.0625. The van der Waals surface area contributed by atoms with E-state index in [0.717, 1.165) is 22.4 Å². The number of ether oxygens (including phenoxy) is 1. The number of rotatable bonds is 3. The second-order valence-electron chi connectivity index (χ2n) is 3.74. The van der Waals surface area contributed by atoms with Crippen molar-refractivity contribution < 1.29 is 4.74 Å². The molecule has 0 saturated heterocycles. The van der Waals surface area contributed by atoms with Crippen LogP contribution in [-0.2, 0) is 6.61 Å². The highest BCUT2D eigenvalue weighted by Gasteiger charge is 2.00. The minimum absolute atomic E-state index is 0.540. The van der Waals surface area contributed by atoms with E-state index in [1.165, 1.54) is 0 Å². The second-order valence-corrected chi connectivity index (χ2v) is 3.74. The van der Waals surface area contributed by atoms with E-state index in [4.69, 9.17) is 11.2 Å². The van der Waals surface area contributed by atoms with E-state index in [1.807, 2.05) is 48.5 Å². The van der Waals surface area contributed by atoms with Crippen LogP contribution in [0.2, 0.25) is 0 Å². The number of terminal acetylenes is 1. The van der Waals surface area contributed by atoms with Crippen LogP contribution in [0.5, 0.6) is 5.75 Å². The highest BCUT2D eigenvalue weighted by molar-refractivity contribution is 5.44. The summed E-state index contributed by atoms with van der Waals surface area (Å²) in [7, 11) is 0. The molecule has 2 aromatic rings. The second kappa shape index (κ2) is 5.23. The summed E-state index contributed by atoms with van der Waals surface area (Å²) < 4.78 is 5.69. The maximum atomic E-state index is 5.69. The van der Waals surface area contributed by atoms with Crippen LogP contribution in [0.25, 0.3) is 0 Å². The third-order valence-corrected chi connectivity index (χ3v) is 2.46. The molecule has 0 aliphatic heterocycles. The molecule has 0 fully saturated rings. The molecule has 0 amide bonds. The highest BCUT2D eigenvalue weighted by atomic mass is 16.5. The zero-order chi connectivity index (χ0) is 12.1. The molecular weight excluding hydrogens is 208 g/mol. The van der Waals surface area contributed by atoms with E-state index in [9.17, 15) is 0 Å². The lowest BCUT2D eigenvalue weighted by Gasteiger charge is -2.09. The minimum Gasteiger partial charge on any atom is -0.489 e. The van der Waals surface area contributed by atoms with Crippen molar-refractivity contribution in [3.05, 3.63) is 72.1 Å². The van der Waals surface area contributed by atoms with Crippen LogP contribution in [-0.4, -0.2) is 0 Å². The van der Waals surface area contributed by atoms with Gasteiger partial charge >= 0.3 is 0 Å². The normalized spacial score (nSPS) is 9.65. The van der Waals surface area contributed by atoms with Gasteiger partial charge in [-0.15, -0.1) is 6.42 Å². The Bertz CT molecular complexity index is 535. The Hall–Kier alpha value is -2.20. The number of hydrogen-bond donors (Lipinski definition) is 0. The first-order valence-corrected chi connectivity index (χ1v) is 5.39. The lowest BCUT2D eigenvalue weighted by Crippen LogP contribution is -1.96. The van der Waals surface area contributed by atoms with Crippen molar-refractivity contribution >= 4 is 0 Å².